The molecule has 0 radical (unpaired) electrons. The molecule has 1 aromatic heterocycles. The minimum atomic E-state index is -0.209. The van der Waals surface area contributed by atoms with Gasteiger partial charge in [0.1, 0.15) is 11.7 Å². The van der Waals surface area contributed by atoms with Gasteiger partial charge in [0.2, 0.25) is 5.91 Å². The van der Waals surface area contributed by atoms with Gasteiger partial charge in [-0.2, -0.15) is 0 Å². The van der Waals surface area contributed by atoms with E-state index in [9.17, 15) is 4.79 Å². The van der Waals surface area contributed by atoms with Crippen molar-refractivity contribution in [2.75, 3.05) is 0 Å². The Hall–Kier alpha value is -0.870. The molecule has 3 unspecified atom stereocenters. The average Bonchev–Trinajstić information content (AvgIpc) is 3.04. The molecular weight excluding hydrogens is 280 g/mol. The monoisotopic (exact) mass is 304 g/mol. The number of hydrogen-bond acceptors (Lipinski definition) is 3. The molecule has 4 rings (SSSR count). The SMILES string of the molecule is Cc1ccc(C2NC3(CC3)C(=O)N2C2CCCCC2C)s1. The summed E-state index contributed by atoms with van der Waals surface area (Å²) in [6.45, 7) is 4.47. The Morgan fingerprint density at radius 3 is 2.67 bits per heavy atom. The lowest BCUT2D eigenvalue weighted by Crippen LogP contribution is -2.45. The largest absolute Gasteiger partial charge is 0.317 e. The predicted molar refractivity (Wildman–Crippen MR) is 85.2 cm³/mol. The van der Waals surface area contributed by atoms with Crippen molar-refractivity contribution in [2.45, 2.75) is 70.1 Å². The molecule has 114 valence electrons. The minimum Gasteiger partial charge on any atom is -0.317 e. The summed E-state index contributed by atoms with van der Waals surface area (Å²) < 4.78 is 0. The van der Waals surface area contributed by atoms with Crippen molar-refractivity contribution in [2.24, 2.45) is 5.92 Å². The van der Waals surface area contributed by atoms with Gasteiger partial charge < -0.3 is 4.90 Å². The molecule has 3 nitrogen and oxygen atoms in total. The molecular formula is C17H24N2OS. The van der Waals surface area contributed by atoms with Gasteiger partial charge in [0.05, 0.1) is 0 Å². The second-order valence-electron chi connectivity index (χ2n) is 7.12. The number of nitrogens with one attached hydrogen (secondary N) is 1. The molecule has 3 atom stereocenters. The topological polar surface area (TPSA) is 32.3 Å². The van der Waals surface area contributed by atoms with Crippen LogP contribution in [-0.2, 0) is 4.79 Å². The highest BCUT2D eigenvalue weighted by molar-refractivity contribution is 7.12. The van der Waals surface area contributed by atoms with Gasteiger partial charge >= 0.3 is 0 Å². The molecule has 2 heterocycles. The Bertz CT molecular complexity index is 563. The van der Waals surface area contributed by atoms with Crippen LogP contribution in [0.25, 0.3) is 0 Å². The molecule has 1 amide bonds. The fraction of sp³-hybridized carbons (Fsp3) is 0.706. The third kappa shape index (κ3) is 2.15. The van der Waals surface area contributed by atoms with Crippen LogP contribution in [0.5, 0.6) is 0 Å². The maximum atomic E-state index is 13.0. The van der Waals surface area contributed by atoms with Crippen LogP contribution >= 0.6 is 11.3 Å². The second kappa shape index (κ2) is 4.82. The van der Waals surface area contributed by atoms with E-state index in [4.69, 9.17) is 0 Å². The number of thiophene rings is 1. The Balaban J connectivity index is 1.68. The number of rotatable bonds is 2. The van der Waals surface area contributed by atoms with E-state index in [1.165, 1.54) is 35.4 Å². The van der Waals surface area contributed by atoms with E-state index in [1.807, 2.05) is 11.3 Å². The van der Waals surface area contributed by atoms with Crippen molar-refractivity contribution in [1.29, 1.82) is 0 Å². The maximum Gasteiger partial charge on any atom is 0.244 e. The first kappa shape index (κ1) is 13.8. The highest BCUT2D eigenvalue weighted by atomic mass is 32.1. The van der Waals surface area contributed by atoms with Crippen molar-refractivity contribution in [3.05, 3.63) is 21.9 Å². The van der Waals surface area contributed by atoms with Crippen molar-refractivity contribution < 1.29 is 4.79 Å². The Labute approximate surface area is 130 Å². The van der Waals surface area contributed by atoms with Crippen LogP contribution in [0.1, 0.15) is 61.4 Å². The standard InChI is InChI=1S/C17H24N2OS/c1-11-5-3-4-6-13(11)19-15(14-8-7-12(2)21-14)18-17(9-10-17)16(19)20/h7-8,11,13,15,18H,3-6,9-10H2,1-2H3. The number of nitrogens with zero attached hydrogens (tertiary/aromatic N) is 1. The lowest BCUT2D eigenvalue weighted by atomic mass is 9.84. The Kier molecular flexibility index (Phi) is 3.16. The zero-order valence-electron chi connectivity index (χ0n) is 12.9. The molecule has 1 aromatic rings. The summed E-state index contributed by atoms with van der Waals surface area (Å²) in [7, 11) is 0. The van der Waals surface area contributed by atoms with E-state index in [2.05, 4.69) is 36.2 Å². The summed E-state index contributed by atoms with van der Waals surface area (Å²) in [4.78, 5) is 17.9. The molecule has 2 saturated carbocycles. The van der Waals surface area contributed by atoms with E-state index in [0.29, 0.717) is 17.9 Å². The molecule has 1 spiro atoms. The summed E-state index contributed by atoms with van der Waals surface area (Å²) in [6.07, 6.45) is 7.17. The predicted octanol–water partition coefficient (Wildman–Crippen LogP) is 3.60. The normalized spacial score (nSPS) is 34.7. The lowest BCUT2D eigenvalue weighted by Gasteiger charge is -2.39. The van der Waals surface area contributed by atoms with Crippen molar-refractivity contribution >= 4 is 17.2 Å². The van der Waals surface area contributed by atoms with Crippen LogP contribution in [0.3, 0.4) is 0 Å². The van der Waals surface area contributed by atoms with Gasteiger partial charge in [-0.15, -0.1) is 11.3 Å². The van der Waals surface area contributed by atoms with Crippen LogP contribution in [0, 0.1) is 12.8 Å². The van der Waals surface area contributed by atoms with E-state index in [1.54, 1.807) is 0 Å². The van der Waals surface area contributed by atoms with Gasteiger partial charge in [-0.1, -0.05) is 19.8 Å². The second-order valence-corrected chi connectivity index (χ2v) is 8.44. The quantitative estimate of drug-likeness (QED) is 0.905. The van der Waals surface area contributed by atoms with Crippen molar-refractivity contribution in [3.8, 4) is 0 Å². The van der Waals surface area contributed by atoms with Crippen LogP contribution in [0.15, 0.2) is 12.1 Å². The van der Waals surface area contributed by atoms with Gasteiger partial charge in [-0.25, -0.2) is 0 Å². The van der Waals surface area contributed by atoms with E-state index < -0.39 is 0 Å². The van der Waals surface area contributed by atoms with E-state index in [0.717, 1.165) is 12.8 Å². The van der Waals surface area contributed by atoms with Crippen LogP contribution in [0.2, 0.25) is 0 Å². The summed E-state index contributed by atoms with van der Waals surface area (Å²) in [5, 5.41) is 3.68. The van der Waals surface area contributed by atoms with Crippen molar-refractivity contribution in [3.63, 3.8) is 0 Å². The molecule has 1 aliphatic heterocycles. The summed E-state index contributed by atoms with van der Waals surface area (Å²) >= 11 is 1.83. The van der Waals surface area contributed by atoms with Gasteiger partial charge in [-0.3, -0.25) is 10.1 Å². The third-order valence-corrected chi connectivity index (χ3v) is 6.59. The van der Waals surface area contributed by atoms with E-state index in [-0.39, 0.29) is 11.7 Å². The smallest absolute Gasteiger partial charge is 0.244 e. The van der Waals surface area contributed by atoms with Gasteiger partial charge in [0.15, 0.2) is 0 Å². The molecule has 0 bridgehead atoms. The molecule has 0 aromatic carbocycles. The molecule has 1 N–H and O–H groups in total. The zero-order valence-corrected chi connectivity index (χ0v) is 13.7. The van der Waals surface area contributed by atoms with Crippen LogP contribution in [0.4, 0.5) is 0 Å². The first-order valence-electron chi connectivity index (χ1n) is 8.27. The average molecular weight is 304 g/mol. The highest BCUT2D eigenvalue weighted by Gasteiger charge is 2.61. The lowest BCUT2D eigenvalue weighted by molar-refractivity contribution is -0.134. The summed E-state index contributed by atoms with van der Waals surface area (Å²) in [5.74, 6) is 0.999. The minimum absolute atomic E-state index is 0.115. The number of carbonyl (C=O) groups excluding carboxylic acids is 1. The number of aryl methyl sites for hydroxylation is 1. The maximum absolute atomic E-state index is 13.0. The number of carbonyl (C=O) groups is 1. The van der Waals surface area contributed by atoms with E-state index >= 15 is 0 Å². The molecule has 3 aliphatic rings. The fourth-order valence-corrected chi connectivity index (χ4v) is 5.03. The van der Waals surface area contributed by atoms with Crippen LogP contribution < -0.4 is 5.32 Å². The molecule has 1 saturated heterocycles. The highest BCUT2D eigenvalue weighted by Crippen LogP contribution is 2.49. The number of amides is 1. The molecule has 4 heteroatoms. The Morgan fingerprint density at radius 1 is 1.29 bits per heavy atom. The molecule has 2 aliphatic carbocycles. The first-order chi connectivity index (χ1) is 10.1. The summed E-state index contributed by atoms with van der Waals surface area (Å²) in [5.41, 5.74) is -0.209. The molecule has 3 fully saturated rings. The first-order valence-corrected chi connectivity index (χ1v) is 9.09. The van der Waals surface area contributed by atoms with Gasteiger partial charge in [0, 0.05) is 15.8 Å². The zero-order chi connectivity index (χ0) is 14.6. The van der Waals surface area contributed by atoms with Gasteiger partial charge in [0.25, 0.3) is 0 Å². The fourth-order valence-electron chi connectivity index (χ4n) is 4.10. The summed E-state index contributed by atoms with van der Waals surface area (Å²) in [6, 6.07) is 4.80. The van der Waals surface area contributed by atoms with Crippen molar-refractivity contribution in [1.82, 2.24) is 10.2 Å². The third-order valence-electron chi connectivity index (χ3n) is 5.54. The van der Waals surface area contributed by atoms with Crippen LogP contribution in [-0.4, -0.2) is 22.4 Å². The molecule has 21 heavy (non-hydrogen) atoms. The van der Waals surface area contributed by atoms with Gasteiger partial charge in [-0.05, 0) is 50.7 Å². The number of hydrogen-bond donors (Lipinski definition) is 1. The Morgan fingerprint density at radius 2 is 2.05 bits per heavy atom.